The van der Waals surface area contributed by atoms with E-state index in [4.69, 9.17) is 9.47 Å². The largest absolute Gasteiger partial charge is 0.481 e. The number of benzene rings is 1. The highest BCUT2D eigenvalue weighted by Gasteiger charge is 2.25. The summed E-state index contributed by atoms with van der Waals surface area (Å²) in [6, 6.07) is 4.75. The van der Waals surface area contributed by atoms with E-state index in [0.29, 0.717) is 17.0 Å². The summed E-state index contributed by atoms with van der Waals surface area (Å²) in [4.78, 5) is 20.0. The van der Waals surface area contributed by atoms with E-state index in [1.54, 1.807) is 32.2 Å². The average Bonchev–Trinajstić information content (AvgIpc) is 3.05. The van der Waals surface area contributed by atoms with E-state index < -0.39 is 21.1 Å². The summed E-state index contributed by atoms with van der Waals surface area (Å²) in [5.41, 5.74) is 1.39. The monoisotopic (exact) mass is 391 g/mol. The van der Waals surface area contributed by atoms with Crippen LogP contribution in [0.2, 0.25) is 0 Å². The number of nitrogens with zero attached hydrogens (tertiary/aromatic N) is 4. The highest BCUT2D eigenvalue weighted by molar-refractivity contribution is 7.92. The van der Waals surface area contributed by atoms with E-state index >= 15 is 0 Å². The molecule has 0 saturated carbocycles. The molecule has 1 N–H and O–H groups in total. The Morgan fingerprint density at radius 3 is 2.56 bits per heavy atom. The summed E-state index contributed by atoms with van der Waals surface area (Å²) in [7, 11) is -1.51. The lowest BCUT2D eigenvalue weighted by Crippen LogP contribution is -2.18. The van der Waals surface area contributed by atoms with Gasteiger partial charge in [0, 0.05) is 11.8 Å². The number of esters is 1. The van der Waals surface area contributed by atoms with Gasteiger partial charge in [-0.05, 0) is 25.5 Å². The third-order valence-electron chi connectivity index (χ3n) is 3.80. The van der Waals surface area contributed by atoms with Crippen molar-refractivity contribution in [3.63, 3.8) is 0 Å². The van der Waals surface area contributed by atoms with Gasteiger partial charge in [-0.25, -0.2) is 9.31 Å². The lowest BCUT2D eigenvalue weighted by Gasteiger charge is -2.12. The zero-order chi connectivity index (χ0) is 19.8. The molecule has 0 atom stereocenters. The number of fused-ring (bicyclic) bond motifs is 1. The fraction of sp³-hybridized carbons (Fsp3) is 0.250. The molecule has 0 aliphatic rings. The first-order chi connectivity index (χ1) is 12.8. The van der Waals surface area contributed by atoms with Crippen molar-refractivity contribution < 1.29 is 22.7 Å². The van der Waals surface area contributed by atoms with Gasteiger partial charge in [0.25, 0.3) is 21.0 Å². The zero-order valence-corrected chi connectivity index (χ0v) is 15.9. The Balaban J connectivity index is 2.06. The van der Waals surface area contributed by atoms with Crippen molar-refractivity contribution in [3.8, 4) is 5.88 Å². The molecule has 0 unspecified atom stereocenters. The first kappa shape index (κ1) is 18.6. The van der Waals surface area contributed by atoms with E-state index in [1.807, 2.05) is 0 Å². The summed E-state index contributed by atoms with van der Waals surface area (Å²) in [6.07, 6.45) is 1.56. The summed E-state index contributed by atoms with van der Waals surface area (Å²) in [6.45, 7) is 3.41. The van der Waals surface area contributed by atoms with Crippen molar-refractivity contribution >= 4 is 27.5 Å². The Kier molecular flexibility index (Phi) is 4.70. The number of rotatable bonds is 5. The van der Waals surface area contributed by atoms with Crippen LogP contribution in [-0.2, 0) is 14.8 Å². The fourth-order valence-electron chi connectivity index (χ4n) is 2.46. The molecule has 0 aliphatic heterocycles. The molecular formula is C16H17N5O5S. The molecule has 10 nitrogen and oxygen atoms in total. The van der Waals surface area contributed by atoms with E-state index in [-0.39, 0.29) is 17.0 Å². The maximum Gasteiger partial charge on any atom is 0.340 e. The fourth-order valence-corrected chi connectivity index (χ4v) is 3.49. The van der Waals surface area contributed by atoms with Crippen molar-refractivity contribution in [1.29, 1.82) is 0 Å². The van der Waals surface area contributed by atoms with Crippen LogP contribution in [0.5, 0.6) is 5.88 Å². The molecule has 2 heterocycles. The minimum Gasteiger partial charge on any atom is -0.481 e. The SMILES string of the molecule is COC(=O)c1cccc(C)c1NS(=O)(=O)c1nc2nc(OC)c(C)cn2n1. The predicted octanol–water partition coefficient (Wildman–Crippen LogP) is 1.34. The van der Waals surface area contributed by atoms with Gasteiger partial charge >= 0.3 is 5.97 Å². The van der Waals surface area contributed by atoms with Crippen LogP contribution in [0.1, 0.15) is 21.5 Å². The molecule has 0 aliphatic carbocycles. The van der Waals surface area contributed by atoms with Crippen LogP contribution in [0.15, 0.2) is 29.6 Å². The molecule has 0 radical (unpaired) electrons. The molecular weight excluding hydrogens is 374 g/mol. The van der Waals surface area contributed by atoms with Gasteiger partial charge in [0.2, 0.25) is 5.88 Å². The molecule has 2 aromatic heterocycles. The first-order valence-corrected chi connectivity index (χ1v) is 9.24. The number of hydrogen-bond acceptors (Lipinski definition) is 8. The maximum absolute atomic E-state index is 12.8. The van der Waals surface area contributed by atoms with Crippen molar-refractivity contribution in [3.05, 3.63) is 41.1 Å². The third-order valence-corrected chi connectivity index (χ3v) is 4.92. The summed E-state index contributed by atoms with van der Waals surface area (Å²) < 4.78 is 38.9. The molecule has 1 aromatic carbocycles. The second-order valence-corrected chi connectivity index (χ2v) is 7.24. The summed E-state index contributed by atoms with van der Waals surface area (Å²) in [5, 5.41) is 3.48. The third kappa shape index (κ3) is 3.40. The molecule has 11 heteroatoms. The Morgan fingerprint density at radius 1 is 1.15 bits per heavy atom. The molecule has 0 amide bonds. The Bertz CT molecular complexity index is 1140. The van der Waals surface area contributed by atoms with Crippen molar-refractivity contribution in [2.45, 2.75) is 19.0 Å². The molecule has 0 bridgehead atoms. The molecule has 27 heavy (non-hydrogen) atoms. The van der Waals surface area contributed by atoms with Crippen LogP contribution in [0.3, 0.4) is 0 Å². The van der Waals surface area contributed by atoms with E-state index in [2.05, 4.69) is 19.8 Å². The summed E-state index contributed by atoms with van der Waals surface area (Å²) >= 11 is 0. The van der Waals surface area contributed by atoms with Crippen molar-refractivity contribution in [2.75, 3.05) is 18.9 Å². The van der Waals surface area contributed by atoms with Gasteiger partial charge in [-0.2, -0.15) is 18.4 Å². The minimum absolute atomic E-state index is 0.0656. The van der Waals surface area contributed by atoms with Gasteiger partial charge in [0.1, 0.15) is 0 Å². The topological polar surface area (TPSA) is 125 Å². The number of aromatic nitrogens is 4. The molecule has 0 spiro atoms. The highest BCUT2D eigenvalue weighted by atomic mass is 32.2. The van der Waals surface area contributed by atoms with Crippen LogP contribution >= 0.6 is 0 Å². The van der Waals surface area contributed by atoms with Gasteiger partial charge in [0.15, 0.2) is 0 Å². The van der Waals surface area contributed by atoms with Gasteiger partial charge in [-0.3, -0.25) is 4.72 Å². The van der Waals surface area contributed by atoms with Crippen molar-refractivity contribution in [2.24, 2.45) is 0 Å². The number of anilines is 1. The number of ether oxygens (including phenoxy) is 2. The van der Waals surface area contributed by atoms with Crippen LogP contribution in [0.25, 0.3) is 5.78 Å². The Labute approximate surface area is 155 Å². The quantitative estimate of drug-likeness (QED) is 0.646. The Morgan fingerprint density at radius 2 is 1.89 bits per heavy atom. The standard InChI is InChI=1S/C16H17N5O5S/c1-9-6-5-7-11(14(22)26-4)12(9)20-27(23,24)16-18-15-17-13(25-3)10(2)8-21(15)19-16/h5-8,20H,1-4H3. The van der Waals surface area contributed by atoms with Crippen LogP contribution in [0, 0.1) is 13.8 Å². The van der Waals surface area contributed by atoms with E-state index in [0.717, 1.165) is 0 Å². The number of carbonyl (C=O) groups excluding carboxylic acids is 1. The van der Waals surface area contributed by atoms with E-state index in [1.165, 1.54) is 24.8 Å². The molecule has 142 valence electrons. The number of methoxy groups -OCH3 is 2. The molecule has 3 aromatic rings. The summed E-state index contributed by atoms with van der Waals surface area (Å²) in [5.74, 6) is -0.282. The molecule has 0 fully saturated rings. The van der Waals surface area contributed by atoms with Gasteiger partial charge in [-0.1, -0.05) is 12.1 Å². The van der Waals surface area contributed by atoms with E-state index in [9.17, 15) is 13.2 Å². The minimum atomic E-state index is -4.18. The molecule has 3 rings (SSSR count). The number of carbonyl (C=O) groups is 1. The van der Waals surface area contributed by atoms with Gasteiger partial charge in [-0.15, -0.1) is 5.10 Å². The van der Waals surface area contributed by atoms with Crippen LogP contribution in [0.4, 0.5) is 5.69 Å². The van der Waals surface area contributed by atoms with Gasteiger partial charge in [0.05, 0.1) is 25.5 Å². The number of aryl methyl sites for hydroxylation is 2. The highest BCUT2D eigenvalue weighted by Crippen LogP contribution is 2.24. The van der Waals surface area contributed by atoms with Crippen molar-refractivity contribution in [1.82, 2.24) is 19.6 Å². The second kappa shape index (κ2) is 6.83. The number of nitrogens with one attached hydrogen (secondary N) is 1. The zero-order valence-electron chi connectivity index (χ0n) is 15.0. The first-order valence-electron chi connectivity index (χ1n) is 7.75. The Hall–Kier alpha value is -3.21. The van der Waals surface area contributed by atoms with Crippen LogP contribution in [-0.4, -0.2) is 48.2 Å². The number of para-hydroxylation sites is 1. The second-order valence-electron chi connectivity index (χ2n) is 5.67. The lowest BCUT2D eigenvalue weighted by molar-refractivity contribution is 0.0602. The van der Waals surface area contributed by atoms with Gasteiger partial charge < -0.3 is 9.47 Å². The molecule has 0 saturated heterocycles. The van der Waals surface area contributed by atoms with Crippen LogP contribution < -0.4 is 9.46 Å². The lowest BCUT2D eigenvalue weighted by atomic mass is 10.1. The maximum atomic E-state index is 12.8. The number of hydrogen-bond donors (Lipinski definition) is 1. The number of sulfonamides is 1. The smallest absolute Gasteiger partial charge is 0.340 e. The average molecular weight is 391 g/mol. The predicted molar refractivity (Wildman–Crippen MR) is 95.4 cm³/mol. The normalized spacial score (nSPS) is 11.4.